The maximum Gasteiger partial charge on any atom is 0.228 e. The van der Waals surface area contributed by atoms with Crippen LogP contribution in [0.1, 0.15) is 19.3 Å². The van der Waals surface area contributed by atoms with Crippen molar-refractivity contribution in [2.45, 2.75) is 19.3 Å². The summed E-state index contributed by atoms with van der Waals surface area (Å²) in [5, 5.41) is 2.72. The van der Waals surface area contributed by atoms with E-state index in [9.17, 15) is 9.18 Å². The van der Waals surface area contributed by atoms with E-state index >= 15 is 0 Å². The topological polar surface area (TPSA) is 55.1 Å². The highest BCUT2D eigenvalue weighted by atomic mass is 19.1. The van der Waals surface area contributed by atoms with Crippen molar-refractivity contribution in [2.24, 2.45) is 29.6 Å². The van der Waals surface area contributed by atoms with Crippen LogP contribution in [0.5, 0.6) is 0 Å². The molecule has 1 aromatic rings. The first-order valence-electron chi connectivity index (χ1n) is 7.01. The molecule has 4 rings (SSSR count). The van der Waals surface area contributed by atoms with Crippen molar-refractivity contribution in [1.29, 1.82) is 0 Å². The van der Waals surface area contributed by atoms with Crippen molar-refractivity contribution < 1.29 is 9.18 Å². The molecule has 0 spiro atoms. The van der Waals surface area contributed by atoms with Gasteiger partial charge in [-0.05, 0) is 61.1 Å². The van der Waals surface area contributed by atoms with Gasteiger partial charge in [0.05, 0.1) is 5.69 Å². The number of halogens is 1. The number of carbonyl (C=O) groups excluding carboxylic acids is 1. The fourth-order valence-electron chi connectivity index (χ4n) is 4.53. The summed E-state index contributed by atoms with van der Waals surface area (Å²) in [6.45, 7) is 0. The Kier molecular flexibility index (Phi) is 2.20. The summed E-state index contributed by atoms with van der Waals surface area (Å²) in [6, 6.07) is 4.28. The van der Waals surface area contributed by atoms with Crippen molar-refractivity contribution in [2.75, 3.05) is 11.1 Å². The van der Waals surface area contributed by atoms with Gasteiger partial charge in [0.25, 0.3) is 0 Å². The van der Waals surface area contributed by atoms with E-state index < -0.39 is 5.82 Å². The van der Waals surface area contributed by atoms with Gasteiger partial charge in [0, 0.05) is 11.6 Å². The van der Waals surface area contributed by atoms with Crippen LogP contribution in [0.15, 0.2) is 18.2 Å². The lowest BCUT2D eigenvalue weighted by atomic mass is 10.0. The van der Waals surface area contributed by atoms with Crippen LogP contribution in [0.4, 0.5) is 15.8 Å². The maximum absolute atomic E-state index is 13.6. The molecule has 4 atom stereocenters. The average molecular weight is 260 g/mol. The Morgan fingerprint density at radius 1 is 1.26 bits per heavy atom. The van der Waals surface area contributed by atoms with E-state index in [1.807, 2.05) is 0 Å². The van der Waals surface area contributed by atoms with Crippen LogP contribution >= 0.6 is 0 Å². The minimum absolute atomic E-state index is 0.0175. The average Bonchev–Trinajstić information content (AvgIpc) is 2.83. The first-order valence-corrected chi connectivity index (χ1v) is 7.01. The standard InChI is InChI=1S/C15H17FN2O/c16-10-4-3-9(17)6-11(10)18-15(19)14-12-7-1-2-8(5-7)13(12)14/h3-4,6-8,12-14H,1-2,5,17H2,(H,18,19). The molecular weight excluding hydrogens is 243 g/mol. The van der Waals surface area contributed by atoms with E-state index in [0.717, 1.165) is 11.8 Å². The Hall–Kier alpha value is -1.58. The fraction of sp³-hybridized carbons (Fsp3) is 0.533. The van der Waals surface area contributed by atoms with E-state index in [-0.39, 0.29) is 17.5 Å². The van der Waals surface area contributed by atoms with Gasteiger partial charge >= 0.3 is 0 Å². The van der Waals surface area contributed by atoms with Gasteiger partial charge in [-0.3, -0.25) is 4.79 Å². The molecule has 0 aromatic heterocycles. The number of hydrogen-bond acceptors (Lipinski definition) is 2. The van der Waals surface area contributed by atoms with Crippen LogP contribution in [0, 0.1) is 35.4 Å². The summed E-state index contributed by atoms with van der Waals surface area (Å²) in [5.74, 6) is 2.32. The molecular formula is C15H17FN2O. The molecule has 3 aliphatic rings. The third-order valence-electron chi connectivity index (χ3n) is 5.29. The summed E-state index contributed by atoms with van der Waals surface area (Å²) >= 11 is 0. The number of fused-ring (bicyclic) bond motifs is 5. The van der Waals surface area contributed by atoms with Crippen molar-refractivity contribution in [3.8, 4) is 0 Å². The van der Waals surface area contributed by atoms with E-state index in [1.165, 1.54) is 37.5 Å². The van der Waals surface area contributed by atoms with Gasteiger partial charge in [-0.15, -0.1) is 0 Å². The zero-order valence-corrected chi connectivity index (χ0v) is 10.6. The SMILES string of the molecule is Nc1ccc(F)c(NC(=O)C2C3C4CCC(C4)C23)c1. The molecule has 100 valence electrons. The highest BCUT2D eigenvalue weighted by Crippen LogP contribution is 2.69. The largest absolute Gasteiger partial charge is 0.399 e. The number of nitrogen functional groups attached to an aromatic ring is 1. The zero-order valence-electron chi connectivity index (χ0n) is 10.6. The van der Waals surface area contributed by atoms with Gasteiger partial charge in [0.1, 0.15) is 5.82 Å². The van der Waals surface area contributed by atoms with Crippen molar-refractivity contribution in [3.05, 3.63) is 24.0 Å². The van der Waals surface area contributed by atoms with Gasteiger partial charge in [0.15, 0.2) is 0 Å². The van der Waals surface area contributed by atoms with Gasteiger partial charge in [-0.1, -0.05) is 0 Å². The molecule has 3 nitrogen and oxygen atoms in total. The molecule has 3 fully saturated rings. The van der Waals surface area contributed by atoms with Crippen LogP contribution in [0.2, 0.25) is 0 Å². The molecule has 3 N–H and O–H groups in total. The molecule has 3 saturated carbocycles. The number of carbonyl (C=O) groups is 1. The maximum atomic E-state index is 13.6. The Labute approximate surface area is 111 Å². The Morgan fingerprint density at radius 2 is 1.95 bits per heavy atom. The molecule has 1 amide bonds. The number of rotatable bonds is 2. The van der Waals surface area contributed by atoms with Crippen molar-refractivity contribution in [3.63, 3.8) is 0 Å². The number of anilines is 2. The van der Waals surface area contributed by atoms with Gasteiger partial charge in [0.2, 0.25) is 5.91 Å². The second-order valence-electron chi connectivity index (χ2n) is 6.24. The lowest BCUT2D eigenvalue weighted by molar-refractivity contribution is -0.118. The van der Waals surface area contributed by atoms with Crippen LogP contribution in [-0.4, -0.2) is 5.91 Å². The number of benzene rings is 1. The number of hydrogen-bond donors (Lipinski definition) is 2. The van der Waals surface area contributed by atoms with Gasteiger partial charge < -0.3 is 11.1 Å². The molecule has 0 saturated heterocycles. The van der Waals surface area contributed by atoms with Crippen LogP contribution in [0.3, 0.4) is 0 Å². The highest BCUT2D eigenvalue weighted by molar-refractivity contribution is 5.95. The fourth-order valence-corrected chi connectivity index (χ4v) is 4.53. The van der Waals surface area contributed by atoms with Gasteiger partial charge in [-0.2, -0.15) is 0 Å². The normalized spacial score (nSPS) is 38.1. The van der Waals surface area contributed by atoms with Crippen LogP contribution in [-0.2, 0) is 4.79 Å². The molecule has 4 heteroatoms. The van der Waals surface area contributed by atoms with Crippen LogP contribution < -0.4 is 11.1 Å². The second-order valence-corrected chi connectivity index (χ2v) is 6.24. The third-order valence-corrected chi connectivity index (χ3v) is 5.29. The summed E-state index contributed by atoms with van der Waals surface area (Å²) in [6.07, 6.45) is 3.87. The predicted octanol–water partition coefficient (Wildman–Crippen LogP) is 2.64. The predicted molar refractivity (Wildman–Crippen MR) is 70.7 cm³/mol. The van der Waals surface area contributed by atoms with Crippen molar-refractivity contribution >= 4 is 17.3 Å². The number of nitrogens with one attached hydrogen (secondary N) is 1. The monoisotopic (exact) mass is 260 g/mol. The van der Waals surface area contributed by atoms with Crippen LogP contribution in [0.25, 0.3) is 0 Å². The molecule has 0 aliphatic heterocycles. The smallest absolute Gasteiger partial charge is 0.228 e. The Morgan fingerprint density at radius 3 is 2.63 bits per heavy atom. The molecule has 2 bridgehead atoms. The minimum Gasteiger partial charge on any atom is -0.399 e. The van der Waals surface area contributed by atoms with E-state index in [4.69, 9.17) is 5.73 Å². The lowest BCUT2D eigenvalue weighted by Crippen LogP contribution is -2.19. The quantitative estimate of drug-likeness (QED) is 0.803. The molecule has 3 aliphatic carbocycles. The van der Waals surface area contributed by atoms with E-state index in [0.29, 0.717) is 17.5 Å². The lowest BCUT2D eigenvalue weighted by Gasteiger charge is -2.10. The van der Waals surface area contributed by atoms with Gasteiger partial charge in [-0.25, -0.2) is 4.39 Å². The number of amides is 1. The number of nitrogens with two attached hydrogens (primary N) is 1. The molecule has 0 heterocycles. The summed E-state index contributed by atoms with van der Waals surface area (Å²) in [4.78, 5) is 12.3. The summed E-state index contributed by atoms with van der Waals surface area (Å²) in [7, 11) is 0. The molecule has 19 heavy (non-hydrogen) atoms. The zero-order chi connectivity index (χ0) is 13.1. The molecule has 1 aromatic carbocycles. The molecule has 4 unspecified atom stereocenters. The summed E-state index contributed by atoms with van der Waals surface area (Å²) < 4.78 is 13.6. The van der Waals surface area contributed by atoms with Crippen molar-refractivity contribution in [1.82, 2.24) is 0 Å². The molecule has 0 radical (unpaired) electrons. The Balaban J connectivity index is 1.50. The second kappa shape index (κ2) is 3.71. The third kappa shape index (κ3) is 1.58. The minimum atomic E-state index is -0.420. The first-order chi connectivity index (χ1) is 9.15. The first kappa shape index (κ1) is 11.3. The highest BCUT2D eigenvalue weighted by Gasteiger charge is 2.67. The summed E-state index contributed by atoms with van der Waals surface area (Å²) in [5.41, 5.74) is 6.30. The van der Waals surface area contributed by atoms with E-state index in [2.05, 4.69) is 5.32 Å². The Bertz CT molecular complexity index is 543. The van der Waals surface area contributed by atoms with E-state index in [1.54, 1.807) is 0 Å².